The molecule has 2 aliphatic rings. The summed E-state index contributed by atoms with van der Waals surface area (Å²) in [7, 11) is 3.05. The zero-order valence-corrected chi connectivity index (χ0v) is 23.1. The number of fused-ring (bicyclic) bond motifs is 1. The highest BCUT2D eigenvalue weighted by molar-refractivity contribution is 6.22. The zero-order valence-electron chi connectivity index (χ0n) is 23.1. The van der Waals surface area contributed by atoms with E-state index >= 15 is 0 Å². The summed E-state index contributed by atoms with van der Waals surface area (Å²) in [6.07, 6.45) is -0.0167. The summed E-state index contributed by atoms with van der Waals surface area (Å²) in [5.74, 6) is -0.919. The van der Waals surface area contributed by atoms with Crippen molar-refractivity contribution >= 4 is 34.6 Å². The number of imide groups is 1. The number of aryl methyl sites for hydroxylation is 2. The molecular weight excluding hydrogens is 529 g/mol. The maximum absolute atomic E-state index is 14.4. The van der Waals surface area contributed by atoms with E-state index in [-0.39, 0.29) is 12.1 Å². The van der Waals surface area contributed by atoms with Crippen LogP contribution < -0.4 is 21.0 Å². The van der Waals surface area contributed by atoms with Crippen molar-refractivity contribution in [1.29, 1.82) is 0 Å². The molecule has 212 valence electrons. The number of halogens is 1. The first-order valence-electron chi connectivity index (χ1n) is 13.5. The van der Waals surface area contributed by atoms with Gasteiger partial charge in [-0.1, -0.05) is 42.0 Å². The predicted molar refractivity (Wildman–Crippen MR) is 152 cm³/mol. The number of aromatic nitrogens is 4. The number of nitrogens with zero attached hydrogens (tertiary/aromatic N) is 7. The molecule has 4 heterocycles. The van der Waals surface area contributed by atoms with Crippen molar-refractivity contribution in [3.63, 3.8) is 0 Å². The third-order valence-electron chi connectivity index (χ3n) is 8.01. The van der Waals surface area contributed by atoms with E-state index in [1.54, 1.807) is 13.1 Å². The van der Waals surface area contributed by atoms with Crippen LogP contribution in [0.4, 0.5) is 16.0 Å². The minimum absolute atomic E-state index is 0.0167. The normalized spacial score (nSPS) is 18.2. The topological polar surface area (TPSA) is 106 Å². The number of amides is 2. The Balaban J connectivity index is 1.30. The van der Waals surface area contributed by atoms with Crippen LogP contribution >= 0.6 is 0 Å². The van der Waals surface area contributed by atoms with Crippen molar-refractivity contribution in [2.45, 2.75) is 25.9 Å². The average Bonchev–Trinajstić information content (AvgIpc) is 3.48. The Labute approximate surface area is 234 Å². The summed E-state index contributed by atoms with van der Waals surface area (Å²) in [6.45, 7) is 4.25. The van der Waals surface area contributed by atoms with Crippen LogP contribution in [0, 0.1) is 12.7 Å². The predicted octanol–water partition coefficient (Wildman–Crippen LogP) is 1.38. The van der Waals surface area contributed by atoms with Crippen LogP contribution in [0.5, 0.6) is 0 Å². The molecule has 0 N–H and O–H groups in total. The van der Waals surface area contributed by atoms with Gasteiger partial charge in [-0.2, -0.15) is 4.98 Å². The molecule has 6 rings (SSSR count). The molecule has 2 aromatic heterocycles. The van der Waals surface area contributed by atoms with Crippen molar-refractivity contribution in [3.8, 4) is 0 Å². The van der Waals surface area contributed by atoms with Crippen molar-refractivity contribution in [1.82, 2.24) is 23.6 Å². The molecule has 11 nitrogen and oxygen atoms in total. The molecule has 1 atom stereocenters. The number of para-hydroxylation sites is 1. The van der Waals surface area contributed by atoms with Gasteiger partial charge in [0.15, 0.2) is 11.2 Å². The molecule has 0 radical (unpaired) electrons. The molecule has 2 saturated heterocycles. The van der Waals surface area contributed by atoms with Crippen molar-refractivity contribution < 1.29 is 14.0 Å². The first-order chi connectivity index (χ1) is 19.7. The summed E-state index contributed by atoms with van der Waals surface area (Å²) >= 11 is 0. The maximum atomic E-state index is 14.4. The van der Waals surface area contributed by atoms with Gasteiger partial charge in [-0.3, -0.25) is 33.0 Å². The molecule has 1 unspecified atom stereocenters. The number of benzene rings is 2. The zero-order chi connectivity index (χ0) is 29.0. The van der Waals surface area contributed by atoms with E-state index in [0.29, 0.717) is 49.8 Å². The number of rotatable bonds is 5. The Kier molecular flexibility index (Phi) is 6.57. The summed E-state index contributed by atoms with van der Waals surface area (Å²) in [5, 5.41) is 0. The molecule has 12 heteroatoms. The summed E-state index contributed by atoms with van der Waals surface area (Å²) in [4.78, 5) is 61.7. The highest BCUT2D eigenvalue weighted by atomic mass is 19.1. The van der Waals surface area contributed by atoms with E-state index in [1.165, 1.54) is 29.8 Å². The Morgan fingerprint density at radius 2 is 1.66 bits per heavy atom. The highest BCUT2D eigenvalue weighted by Crippen LogP contribution is 2.29. The molecule has 2 amide bonds. The lowest BCUT2D eigenvalue weighted by atomic mass is 10.1. The number of hydrogen-bond donors (Lipinski definition) is 0. The molecular formula is C29H30FN7O4. The summed E-state index contributed by atoms with van der Waals surface area (Å²) in [6, 6.07) is 13.1. The van der Waals surface area contributed by atoms with Gasteiger partial charge in [-0.25, -0.2) is 14.1 Å². The van der Waals surface area contributed by atoms with Crippen LogP contribution in [0.25, 0.3) is 11.2 Å². The van der Waals surface area contributed by atoms with Crippen LogP contribution in [0.2, 0.25) is 0 Å². The number of imidazole rings is 1. The highest BCUT2D eigenvalue weighted by Gasteiger charge is 2.44. The summed E-state index contributed by atoms with van der Waals surface area (Å²) in [5.41, 5.74) is 1.82. The molecule has 2 aliphatic heterocycles. The van der Waals surface area contributed by atoms with E-state index in [9.17, 15) is 23.6 Å². The van der Waals surface area contributed by atoms with Crippen molar-refractivity contribution in [3.05, 3.63) is 86.3 Å². The first kappa shape index (κ1) is 26.6. The molecule has 0 saturated carbocycles. The second-order valence-corrected chi connectivity index (χ2v) is 10.6. The van der Waals surface area contributed by atoms with Crippen LogP contribution in [0.1, 0.15) is 17.5 Å². The Bertz CT molecular complexity index is 1820. The Morgan fingerprint density at radius 3 is 2.37 bits per heavy atom. The minimum atomic E-state index is -0.677. The molecule has 0 aliphatic carbocycles. The van der Waals surface area contributed by atoms with Gasteiger partial charge in [0.25, 0.3) is 11.5 Å². The van der Waals surface area contributed by atoms with Crippen molar-refractivity contribution in [2.75, 3.05) is 36.0 Å². The fourth-order valence-corrected chi connectivity index (χ4v) is 5.84. The molecule has 2 aromatic carbocycles. The first-order valence-corrected chi connectivity index (χ1v) is 13.5. The van der Waals surface area contributed by atoms with E-state index in [1.807, 2.05) is 45.6 Å². The minimum Gasteiger partial charge on any atom is -0.340 e. The third-order valence-corrected chi connectivity index (χ3v) is 8.01. The summed E-state index contributed by atoms with van der Waals surface area (Å²) < 4.78 is 18.7. The van der Waals surface area contributed by atoms with E-state index in [0.717, 1.165) is 20.6 Å². The smallest absolute Gasteiger partial charge is 0.332 e. The van der Waals surface area contributed by atoms with Gasteiger partial charge in [0.05, 0.1) is 24.7 Å². The van der Waals surface area contributed by atoms with Gasteiger partial charge < -0.3 is 4.90 Å². The van der Waals surface area contributed by atoms with Gasteiger partial charge in [-0.15, -0.1) is 0 Å². The van der Waals surface area contributed by atoms with Crippen molar-refractivity contribution in [2.24, 2.45) is 14.1 Å². The molecule has 41 heavy (non-hydrogen) atoms. The van der Waals surface area contributed by atoms with Gasteiger partial charge in [0.1, 0.15) is 5.82 Å². The second-order valence-electron chi connectivity index (χ2n) is 10.6. The second kappa shape index (κ2) is 10.1. The van der Waals surface area contributed by atoms with Gasteiger partial charge in [0, 0.05) is 40.3 Å². The fraction of sp³-hybridized carbons (Fsp3) is 0.345. The number of carbonyl (C=O) groups excluding carboxylic acids is 2. The largest absolute Gasteiger partial charge is 0.340 e. The average molecular weight is 560 g/mol. The van der Waals surface area contributed by atoms with E-state index in [4.69, 9.17) is 4.98 Å². The molecule has 4 aromatic rings. The maximum Gasteiger partial charge on any atom is 0.332 e. The fourth-order valence-electron chi connectivity index (χ4n) is 5.84. The lowest BCUT2D eigenvalue weighted by Crippen LogP contribution is -2.53. The van der Waals surface area contributed by atoms with Crippen LogP contribution in [0.3, 0.4) is 0 Å². The van der Waals surface area contributed by atoms with E-state index < -0.39 is 34.9 Å². The molecule has 0 bridgehead atoms. The van der Waals surface area contributed by atoms with Gasteiger partial charge in [-0.05, 0) is 24.6 Å². The number of hydrogen-bond acceptors (Lipinski definition) is 7. The lowest BCUT2D eigenvalue weighted by molar-refractivity contribution is -0.123. The molecule has 0 spiro atoms. The molecule has 2 fully saturated rings. The number of carbonyl (C=O) groups is 2. The monoisotopic (exact) mass is 559 g/mol. The number of piperazine rings is 1. The number of anilines is 2. The quantitative estimate of drug-likeness (QED) is 0.340. The lowest BCUT2D eigenvalue weighted by Gasteiger charge is -2.37. The Morgan fingerprint density at radius 1 is 0.927 bits per heavy atom. The van der Waals surface area contributed by atoms with Gasteiger partial charge in [0.2, 0.25) is 11.9 Å². The third kappa shape index (κ3) is 4.44. The van der Waals surface area contributed by atoms with Crippen LogP contribution in [-0.4, -0.2) is 67.6 Å². The SMILES string of the molecule is Cc1cccc(Cn2c(N3CCN(C4CC(=O)N(c5ccccc5F)C4=O)CC3)nc3c2c(=O)n(C)c(=O)n3C)c1. The van der Waals surface area contributed by atoms with Crippen LogP contribution in [-0.2, 0) is 30.2 Å². The van der Waals surface area contributed by atoms with Crippen LogP contribution in [0.15, 0.2) is 58.1 Å². The Hall–Kier alpha value is -4.58. The standard InChI is InChI=1S/C29H30FN7O4/c1-18-7-6-8-19(15-18)17-36-24-25(32(2)29(41)33(3)27(24)40)31-28(36)35-13-11-34(12-14-35)22-16-23(38)37(26(22)39)21-10-5-4-9-20(21)30/h4-10,15,22H,11-14,16-17H2,1-3H3. The van der Waals surface area contributed by atoms with Gasteiger partial charge >= 0.3 is 5.69 Å². The van der Waals surface area contributed by atoms with E-state index in [2.05, 4.69) is 0 Å².